The lowest BCUT2D eigenvalue weighted by Gasteiger charge is -2.18. The summed E-state index contributed by atoms with van der Waals surface area (Å²) in [6.07, 6.45) is -0.413. The molecule has 0 fully saturated rings. The molecule has 2 rings (SSSR count). The van der Waals surface area contributed by atoms with E-state index in [9.17, 15) is 18.0 Å². The van der Waals surface area contributed by atoms with Crippen LogP contribution in [0, 0.1) is 6.92 Å². The maximum absolute atomic E-state index is 12.6. The SMILES string of the molecule is Cc1ccc(S(=O)(=O)N[C@@H](Cc2ccccc2)C(=O)CCC(=O)O)cc1. The number of hydrogen-bond donors (Lipinski definition) is 2. The van der Waals surface area contributed by atoms with Crippen LogP contribution in [0.4, 0.5) is 0 Å². The van der Waals surface area contributed by atoms with Crippen LogP contribution in [0.1, 0.15) is 24.0 Å². The molecule has 2 aromatic rings. The highest BCUT2D eigenvalue weighted by atomic mass is 32.2. The molecule has 0 aromatic heterocycles. The van der Waals surface area contributed by atoms with Crippen molar-refractivity contribution in [2.45, 2.75) is 37.1 Å². The maximum Gasteiger partial charge on any atom is 0.303 e. The van der Waals surface area contributed by atoms with Crippen LogP contribution < -0.4 is 4.72 Å². The Morgan fingerprint density at radius 3 is 2.19 bits per heavy atom. The number of aliphatic carboxylic acids is 1. The highest BCUT2D eigenvalue weighted by molar-refractivity contribution is 7.89. The number of nitrogens with one attached hydrogen (secondary N) is 1. The Kier molecular flexibility index (Phi) is 6.65. The van der Waals surface area contributed by atoms with Gasteiger partial charge in [0.2, 0.25) is 10.0 Å². The minimum Gasteiger partial charge on any atom is -0.481 e. The second-order valence-corrected chi connectivity index (χ2v) is 7.75. The van der Waals surface area contributed by atoms with Crippen molar-refractivity contribution in [1.29, 1.82) is 0 Å². The predicted molar refractivity (Wildman–Crippen MR) is 97.3 cm³/mol. The average Bonchev–Trinajstić information content (AvgIpc) is 2.60. The average molecular weight is 375 g/mol. The summed E-state index contributed by atoms with van der Waals surface area (Å²) in [5, 5.41) is 8.78. The maximum atomic E-state index is 12.6. The smallest absolute Gasteiger partial charge is 0.303 e. The molecule has 0 bridgehead atoms. The van der Waals surface area contributed by atoms with Gasteiger partial charge in [-0.05, 0) is 31.0 Å². The monoisotopic (exact) mass is 375 g/mol. The molecule has 0 saturated heterocycles. The summed E-state index contributed by atoms with van der Waals surface area (Å²) in [5.41, 5.74) is 1.70. The van der Waals surface area contributed by atoms with Gasteiger partial charge < -0.3 is 5.11 Å². The number of rotatable bonds is 9. The van der Waals surface area contributed by atoms with E-state index in [0.29, 0.717) is 0 Å². The van der Waals surface area contributed by atoms with Crippen LogP contribution >= 0.6 is 0 Å². The van der Waals surface area contributed by atoms with Gasteiger partial charge in [0, 0.05) is 6.42 Å². The highest BCUT2D eigenvalue weighted by Crippen LogP contribution is 2.14. The lowest BCUT2D eigenvalue weighted by molar-refractivity contribution is -0.138. The molecule has 26 heavy (non-hydrogen) atoms. The summed E-state index contributed by atoms with van der Waals surface area (Å²) in [4.78, 5) is 23.2. The van der Waals surface area contributed by atoms with Crippen LogP contribution in [0.15, 0.2) is 59.5 Å². The van der Waals surface area contributed by atoms with E-state index >= 15 is 0 Å². The lowest BCUT2D eigenvalue weighted by Crippen LogP contribution is -2.42. The molecule has 0 amide bonds. The van der Waals surface area contributed by atoms with Crippen LogP contribution in [-0.4, -0.2) is 31.3 Å². The van der Waals surface area contributed by atoms with Crippen molar-refractivity contribution in [2.75, 3.05) is 0 Å². The van der Waals surface area contributed by atoms with E-state index in [1.54, 1.807) is 36.4 Å². The summed E-state index contributed by atoms with van der Waals surface area (Å²) < 4.78 is 27.6. The molecule has 6 nitrogen and oxygen atoms in total. The van der Waals surface area contributed by atoms with E-state index in [1.165, 1.54) is 12.1 Å². The zero-order chi connectivity index (χ0) is 19.2. The van der Waals surface area contributed by atoms with Crippen LogP contribution in [0.3, 0.4) is 0 Å². The first kappa shape index (κ1) is 19.8. The number of carboxylic acid groups (broad SMARTS) is 1. The number of Topliss-reactive ketones (excluding diaryl/α,β-unsaturated/α-hetero) is 1. The first-order chi connectivity index (χ1) is 12.3. The standard InChI is InChI=1S/C19H21NO5S/c1-14-7-9-16(10-8-14)26(24,25)20-17(18(21)11-12-19(22)23)13-15-5-3-2-4-6-15/h2-10,17,20H,11-13H2,1H3,(H,22,23)/t17-/m0/s1. The Hall–Kier alpha value is -2.51. The van der Waals surface area contributed by atoms with Crippen LogP contribution in [0.5, 0.6) is 0 Å². The molecule has 7 heteroatoms. The van der Waals surface area contributed by atoms with Gasteiger partial charge in [0.25, 0.3) is 0 Å². The zero-order valence-electron chi connectivity index (χ0n) is 14.4. The van der Waals surface area contributed by atoms with E-state index in [2.05, 4.69) is 4.72 Å². The zero-order valence-corrected chi connectivity index (χ0v) is 15.2. The Morgan fingerprint density at radius 2 is 1.62 bits per heavy atom. The van der Waals surface area contributed by atoms with Crippen molar-refractivity contribution in [3.05, 3.63) is 65.7 Å². The molecule has 2 aromatic carbocycles. The van der Waals surface area contributed by atoms with Gasteiger partial charge in [0.1, 0.15) is 0 Å². The first-order valence-corrected chi connectivity index (χ1v) is 9.63. The molecule has 0 saturated carbocycles. The molecule has 0 heterocycles. The van der Waals surface area contributed by atoms with Gasteiger partial charge in [-0.2, -0.15) is 0 Å². The summed E-state index contributed by atoms with van der Waals surface area (Å²) in [6.45, 7) is 1.84. The van der Waals surface area contributed by atoms with Crippen molar-refractivity contribution < 1.29 is 23.1 Å². The molecule has 0 radical (unpaired) electrons. The van der Waals surface area contributed by atoms with Gasteiger partial charge in [-0.25, -0.2) is 13.1 Å². The molecular formula is C19H21NO5S. The lowest BCUT2D eigenvalue weighted by atomic mass is 10.0. The first-order valence-electron chi connectivity index (χ1n) is 8.15. The minimum absolute atomic E-state index is 0.0622. The molecule has 0 spiro atoms. The fraction of sp³-hybridized carbons (Fsp3) is 0.263. The summed E-state index contributed by atoms with van der Waals surface area (Å²) in [6, 6.07) is 14.3. The van der Waals surface area contributed by atoms with Gasteiger partial charge in [-0.1, -0.05) is 48.0 Å². The molecule has 1 atom stereocenters. The van der Waals surface area contributed by atoms with Crippen molar-refractivity contribution in [3.8, 4) is 0 Å². The number of hydrogen-bond acceptors (Lipinski definition) is 4. The van der Waals surface area contributed by atoms with Crippen LogP contribution in [0.2, 0.25) is 0 Å². The number of carbonyl (C=O) groups is 2. The molecule has 0 aliphatic carbocycles. The highest BCUT2D eigenvalue weighted by Gasteiger charge is 2.26. The molecule has 0 aliphatic heterocycles. The van der Waals surface area contributed by atoms with E-state index < -0.39 is 27.8 Å². The number of aryl methyl sites for hydroxylation is 1. The molecule has 0 unspecified atom stereocenters. The fourth-order valence-electron chi connectivity index (χ4n) is 2.45. The second kappa shape index (κ2) is 8.73. The van der Waals surface area contributed by atoms with E-state index in [4.69, 9.17) is 5.11 Å². The van der Waals surface area contributed by atoms with Gasteiger partial charge in [-0.15, -0.1) is 0 Å². The summed E-state index contributed by atoms with van der Waals surface area (Å²) in [5.74, 6) is -1.55. The molecule has 0 aliphatic rings. The van der Waals surface area contributed by atoms with Gasteiger partial charge in [-0.3, -0.25) is 9.59 Å². The van der Waals surface area contributed by atoms with Gasteiger partial charge in [0.05, 0.1) is 17.4 Å². The number of carbonyl (C=O) groups excluding carboxylic acids is 1. The number of ketones is 1. The molecule has 138 valence electrons. The van der Waals surface area contributed by atoms with Crippen molar-refractivity contribution >= 4 is 21.8 Å². The minimum atomic E-state index is -3.90. The Bertz CT molecular complexity index is 861. The number of carboxylic acids is 1. The van der Waals surface area contributed by atoms with Gasteiger partial charge in [0.15, 0.2) is 5.78 Å². The topological polar surface area (TPSA) is 101 Å². The quantitative estimate of drug-likeness (QED) is 0.700. The van der Waals surface area contributed by atoms with Crippen molar-refractivity contribution in [3.63, 3.8) is 0 Å². The fourth-order valence-corrected chi connectivity index (χ4v) is 3.67. The van der Waals surface area contributed by atoms with E-state index in [-0.39, 0.29) is 24.2 Å². The van der Waals surface area contributed by atoms with Crippen LogP contribution in [-0.2, 0) is 26.0 Å². The Balaban J connectivity index is 2.23. The summed E-state index contributed by atoms with van der Waals surface area (Å²) >= 11 is 0. The molecular weight excluding hydrogens is 354 g/mol. The third-order valence-electron chi connectivity index (χ3n) is 3.89. The van der Waals surface area contributed by atoms with E-state index in [1.807, 2.05) is 13.0 Å². The second-order valence-electron chi connectivity index (χ2n) is 6.04. The predicted octanol–water partition coefficient (Wildman–Crippen LogP) is 2.32. The summed E-state index contributed by atoms with van der Waals surface area (Å²) in [7, 11) is -3.90. The Labute approximate surface area is 152 Å². The van der Waals surface area contributed by atoms with Crippen molar-refractivity contribution in [1.82, 2.24) is 4.72 Å². The normalized spacial score (nSPS) is 12.5. The number of benzene rings is 2. The largest absolute Gasteiger partial charge is 0.481 e. The third kappa shape index (κ3) is 5.79. The third-order valence-corrected chi connectivity index (χ3v) is 5.37. The van der Waals surface area contributed by atoms with Crippen molar-refractivity contribution in [2.24, 2.45) is 0 Å². The van der Waals surface area contributed by atoms with Gasteiger partial charge >= 0.3 is 5.97 Å². The Morgan fingerprint density at radius 1 is 1.00 bits per heavy atom. The van der Waals surface area contributed by atoms with E-state index in [0.717, 1.165) is 11.1 Å². The van der Waals surface area contributed by atoms with Crippen LogP contribution in [0.25, 0.3) is 0 Å². The number of sulfonamides is 1. The molecule has 2 N–H and O–H groups in total.